The molecule has 1 spiro atoms. The second-order valence-corrected chi connectivity index (χ2v) is 14.1. The Morgan fingerprint density at radius 3 is 2.30 bits per heavy atom. The van der Waals surface area contributed by atoms with Crippen molar-refractivity contribution >= 4 is 5.97 Å². The summed E-state index contributed by atoms with van der Waals surface area (Å²) in [6.07, 6.45) is -3.60. The van der Waals surface area contributed by atoms with Crippen LogP contribution in [0.15, 0.2) is 24.3 Å². The summed E-state index contributed by atoms with van der Waals surface area (Å²) >= 11 is 0. The van der Waals surface area contributed by atoms with Crippen LogP contribution in [0.25, 0.3) is 0 Å². The van der Waals surface area contributed by atoms with E-state index in [2.05, 4.69) is 11.8 Å². The van der Waals surface area contributed by atoms with Gasteiger partial charge >= 0.3 is 5.97 Å². The normalized spacial score (nSPS) is 50.0. The van der Waals surface area contributed by atoms with Crippen molar-refractivity contribution in [2.75, 3.05) is 55.2 Å². The van der Waals surface area contributed by atoms with Crippen LogP contribution in [-0.4, -0.2) is 130 Å². The molecule has 6 fully saturated rings. The number of nitrogens with zero attached hydrogens (tertiary/aromatic N) is 1. The van der Waals surface area contributed by atoms with Crippen LogP contribution in [0.1, 0.15) is 30.1 Å². The van der Waals surface area contributed by atoms with Crippen molar-refractivity contribution in [2.24, 2.45) is 40.4 Å². The molecule has 0 amide bonds. The molecule has 1 aromatic rings. The highest BCUT2D eigenvalue weighted by atomic mass is 16.6. The van der Waals surface area contributed by atoms with E-state index in [-0.39, 0.29) is 48.3 Å². The van der Waals surface area contributed by atoms with E-state index in [1.54, 1.807) is 52.7 Å². The van der Waals surface area contributed by atoms with Gasteiger partial charge in [0.1, 0.15) is 23.6 Å². The molecule has 1 heterocycles. The molecule has 3 N–H and O–H groups in total. The fourth-order valence-corrected chi connectivity index (χ4v) is 12.1. The van der Waals surface area contributed by atoms with Gasteiger partial charge in [0.15, 0.2) is 0 Å². The third-order valence-corrected chi connectivity index (χ3v) is 13.1. The minimum Gasteiger partial charge on any atom is -0.497 e. The van der Waals surface area contributed by atoms with Crippen LogP contribution in [0.4, 0.5) is 0 Å². The Kier molecular flexibility index (Phi) is 7.42. The molecule has 15 atom stereocenters. The summed E-state index contributed by atoms with van der Waals surface area (Å²) in [7, 11) is 8.15. The van der Waals surface area contributed by atoms with Crippen molar-refractivity contribution < 1.29 is 48.5 Å². The summed E-state index contributed by atoms with van der Waals surface area (Å²) in [6.45, 7) is 3.84. The maximum atomic E-state index is 13.7. The average Bonchev–Trinajstić information content (AvgIpc) is 3.36. The molecule has 44 heavy (non-hydrogen) atoms. The van der Waals surface area contributed by atoms with Crippen LogP contribution in [0.2, 0.25) is 0 Å². The first-order valence-corrected chi connectivity index (χ1v) is 15.9. The number of piperidine rings is 1. The van der Waals surface area contributed by atoms with Gasteiger partial charge in [0.25, 0.3) is 0 Å². The minimum atomic E-state index is -1.63. The molecule has 4 unspecified atom stereocenters. The number of aliphatic hydroxyl groups is 3. The summed E-state index contributed by atoms with van der Waals surface area (Å²) < 4.78 is 36.2. The zero-order valence-electron chi connectivity index (χ0n) is 26.4. The third-order valence-electron chi connectivity index (χ3n) is 13.1. The topological polar surface area (TPSA) is 136 Å². The zero-order chi connectivity index (χ0) is 31.3. The van der Waals surface area contributed by atoms with E-state index in [1.165, 1.54) is 7.11 Å². The van der Waals surface area contributed by atoms with Crippen molar-refractivity contribution in [3.63, 3.8) is 0 Å². The molecule has 11 nitrogen and oxygen atoms in total. The zero-order valence-corrected chi connectivity index (χ0v) is 26.4. The van der Waals surface area contributed by atoms with Gasteiger partial charge in [-0.1, -0.05) is 6.92 Å². The Bertz CT molecular complexity index is 1260. The Morgan fingerprint density at radius 1 is 0.977 bits per heavy atom. The molecule has 7 bridgehead atoms. The highest BCUT2D eigenvalue weighted by Crippen LogP contribution is 2.79. The van der Waals surface area contributed by atoms with Crippen LogP contribution < -0.4 is 4.74 Å². The lowest BCUT2D eigenvalue weighted by Crippen LogP contribution is -2.77. The molecular formula is C33H47NO10. The largest absolute Gasteiger partial charge is 0.497 e. The van der Waals surface area contributed by atoms with Gasteiger partial charge in [0.2, 0.25) is 0 Å². The number of hydrogen-bond acceptors (Lipinski definition) is 11. The summed E-state index contributed by atoms with van der Waals surface area (Å²) in [4.78, 5) is 16.1. The highest BCUT2D eigenvalue weighted by Gasteiger charge is 2.87. The molecule has 7 rings (SSSR count). The lowest BCUT2D eigenvalue weighted by atomic mass is 9.43. The van der Waals surface area contributed by atoms with E-state index < -0.39 is 52.7 Å². The van der Waals surface area contributed by atoms with Crippen LogP contribution >= 0.6 is 0 Å². The third kappa shape index (κ3) is 3.53. The monoisotopic (exact) mass is 617 g/mol. The predicted octanol–water partition coefficient (Wildman–Crippen LogP) is 0.971. The number of methoxy groups -OCH3 is 5. The van der Waals surface area contributed by atoms with Crippen molar-refractivity contribution in [1.82, 2.24) is 4.90 Å². The van der Waals surface area contributed by atoms with Crippen LogP contribution in [-0.2, 0) is 23.7 Å². The number of carbonyl (C=O) groups is 1. The summed E-state index contributed by atoms with van der Waals surface area (Å²) in [5.41, 5.74) is -2.50. The van der Waals surface area contributed by atoms with Gasteiger partial charge in [-0.15, -0.1) is 0 Å². The van der Waals surface area contributed by atoms with E-state index in [9.17, 15) is 20.1 Å². The standard InChI is InChI=1S/C33H47NO10/c1-7-34-14-31(15-39-2)19(35)12-20(41-4)33-18-13-32(38)28(44-30(37)16-8-10-17(40-3)11-9-16)21(18)22(24(36)29(32)43-6)23(27(33)34)25(42-5)26(31)33/h8-11,18-29,35-36,38H,7,12-15H2,1-6H3/t18-,19+,20?,21-,22-,23?,24+,25-,26+,27?,28+,29-,31-,32+,33?/m0/s1. The molecule has 0 aromatic heterocycles. The molecule has 244 valence electrons. The molecule has 1 saturated heterocycles. The summed E-state index contributed by atoms with van der Waals surface area (Å²) in [6, 6.07) is 6.66. The predicted molar refractivity (Wildman–Crippen MR) is 156 cm³/mol. The van der Waals surface area contributed by atoms with E-state index in [0.717, 1.165) is 6.54 Å². The number of hydrogen-bond donors (Lipinski definition) is 3. The Labute approximate surface area is 258 Å². The van der Waals surface area contributed by atoms with Crippen molar-refractivity contribution in [3.8, 4) is 5.75 Å². The molecule has 1 aliphatic heterocycles. The van der Waals surface area contributed by atoms with Crippen molar-refractivity contribution in [3.05, 3.63) is 29.8 Å². The van der Waals surface area contributed by atoms with Gasteiger partial charge < -0.3 is 43.7 Å². The van der Waals surface area contributed by atoms with Crippen LogP contribution in [0.5, 0.6) is 5.75 Å². The van der Waals surface area contributed by atoms with E-state index in [4.69, 9.17) is 28.4 Å². The second kappa shape index (κ2) is 10.6. The van der Waals surface area contributed by atoms with E-state index in [0.29, 0.717) is 30.9 Å². The molecule has 5 aliphatic carbocycles. The highest BCUT2D eigenvalue weighted by molar-refractivity contribution is 5.89. The summed E-state index contributed by atoms with van der Waals surface area (Å²) in [5, 5.41) is 36.6. The lowest BCUT2D eigenvalue weighted by Gasteiger charge is -2.69. The van der Waals surface area contributed by atoms with Gasteiger partial charge in [0.05, 0.1) is 43.7 Å². The fraction of sp³-hybridized carbons (Fsp3) is 0.788. The molecule has 6 aliphatic rings. The number of carbonyl (C=O) groups excluding carboxylic acids is 1. The first kappa shape index (κ1) is 30.8. The quantitative estimate of drug-likeness (QED) is 0.342. The van der Waals surface area contributed by atoms with Gasteiger partial charge in [-0.2, -0.15) is 0 Å². The van der Waals surface area contributed by atoms with Gasteiger partial charge in [-0.3, -0.25) is 4.90 Å². The van der Waals surface area contributed by atoms with Gasteiger partial charge in [-0.25, -0.2) is 4.79 Å². The first-order chi connectivity index (χ1) is 21.1. The minimum absolute atomic E-state index is 0.0401. The molecule has 1 aromatic carbocycles. The number of benzene rings is 1. The second-order valence-electron chi connectivity index (χ2n) is 14.1. The summed E-state index contributed by atoms with van der Waals surface area (Å²) in [5.74, 6) is -1.27. The Balaban J connectivity index is 1.41. The van der Waals surface area contributed by atoms with Crippen LogP contribution in [0, 0.1) is 40.4 Å². The lowest BCUT2D eigenvalue weighted by molar-refractivity contribution is -0.285. The van der Waals surface area contributed by atoms with E-state index >= 15 is 0 Å². The molecule has 11 heteroatoms. The number of likely N-dealkylation sites (tertiary alicyclic amines) is 1. The Morgan fingerprint density at radius 2 is 1.70 bits per heavy atom. The molecule has 0 radical (unpaired) electrons. The Hall–Kier alpha value is -1.83. The maximum Gasteiger partial charge on any atom is 0.338 e. The molecule has 5 saturated carbocycles. The first-order valence-electron chi connectivity index (χ1n) is 15.9. The van der Waals surface area contributed by atoms with Crippen molar-refractivity contribution in [1.29, 1.82) is 0 Å². The van der Waals surface area contributed by atoms with Crippen molar-refractivity contribution in [2.45, 2.75) is 68.0 Å². The number of fused-ring (bicyclic) bond motifs is 2. The molecular weight excluding hydrogens is 570 g/mol. The smallest absolute Gasteiger partial charge is 0.338 e. The van der Waals surface area contributed by atoms with E-state index in [1.807, 2.05) is 0 Å². The van der Waals surface area contributed by atoms with Gasteiger partial charge in [0, 0.05) is 81.9 Å². The van der Waals surface area contributed by atoms with Gasteiger partial charge in [-0.05, 0) is 43.1 Å². The number of ether oxygens (including phenoxy) is 6. The van der Waals surface area contributed by atoms with Crippen LogP contribution in [0.3, 0.4) is 0 Å². The SMILES string of the molecule is CCN1C[C@]2(COC)[C@H](O)CC(OC)C34C1C([C@H]1[C@@H](O)[C@H](OC)[C@@]5(O)C[C@H]3[C@@H]1[C@H]5OC(=O)c1ccc(OC)cc1)[C@H](OC)[C@@H]42. The number of rotatable bonds is 9. The maximum absolute atomic E-state index is 13.7. The fourth-order valence-electron chi connectivity index (χ4n) is 12.1. The average molecular weight is 618 g/mol. The number of esters is 1. The number of aliphatic hydroxyl groups excluding tert-OH is 2.